The largest absolute Gasteiger partial charge is 0.336 e. The summed E-state index contributed by atoms with van der Waals surface area (Å²) in [5.74, 6) is -0.130. The van der Waals surface area contributed by atoms with E-state index < -0.39 is 10.0 Å². The van der Waals surface area contributed by atoms with Gasteiger partial charge in [-0.2, -0.15) is 19.3 Å². The molecule has 1 aliphatic heterocycles. The monoisotopic (exact) mass is 481 g/mol. The number of carbonyl (C=O) groups excluding carboxylic acids is 1. The summed E-state index contributed by atoms with van der Waals surface area (Å²) >= 11 is 6.02. The average Bonchev–Trinajstić information content (AvgIpc) is 3.38. The maximum absolute atomic E-state index is 13.2. The maximum atomic E-state index is 13.2. The summed E-state index contributed by atoms with van der Waals surface area (Å²) in [6.45, 7) is 1.12. The molecule has 10 heteroatoms. The molecule has 1 fully saturated rings. The number of rotatable bonds is 4. The highest BCUT2D eigenvalue weighted by Gasteiger charge is 2.30. The average molecular weight is 482 g/mol. The number of amides is 1. The number of hydrogen-bond donors (Lipinski definition) is 0. The zero-order valence-corrected chi connectivity index (χ0v) is 19.1. The summed E-state index contributed by atoms with van der Waals surface area (Å²) in [6, 6.07) is 17.4. The number of piperazine rings is 1. The summed E-state index contributed by atoms with van der Waals surface area (Å²) < 4.78 is 27.8. The Kier molecular flexibility index (Phi) is 5.61. The number of carbonyl (C=O) groups is 1. The van der Waals surface area contributed by atoms with Crippen molar-refractivity contribution >= 4 is 38.3 Å². The van der Waals surface area contributed by atoms with Crippen molar-refractivity contribution in [3.63, 3.8) is 0 Å². The van der Waals surface area contributed by atoms with E-state index >= 15 is 0 Å². The summed E-state index contributed by atoms with van der Waals surface area (Å²) in [5.41, 5.74) is 1.29. The standard InChI is InChI=1S/C23H20ClN5O3S/c24-20-5-1-19-16-22(8-4-18(19)15-20)33(31,32)28-13-11-27(12-14-28)23(30)17-2-6-21(7-3-17)29-25-9-10-26-29/h1-10,15-16H,11-14H2. The molecule has 0 radical (unpaired) electrons. The first-order valence-electron chi connectivity index (χ1n) is 10.4. The highest BCUT2D eigenvalue weighted by molar-refractivity contribution is 7.89. The van der Waals surface area contributed by atoms with Crippen LogP contribution in [-0.4, -0.2) is 64.7 Å². The first-order chi connectivity index (χ1) is 15.9. The zero-order chi connectivity index (χ0) is 23.0. The van der Waals surface area contributed by atoms with E-state index in [4.69, 9.17) is 11.6 Å². The molecular weight excluding hydrogens is 462 g/mol. The molecule has 0 bridgehead atoms. The van der Waals surface area contributed by atoms with Gasteiger partial charge in [0.1, 0.15) is 0 Å². The molecule has 1 aromatic heterocycles. The molecule has 0 saturated carbocycles. The zero-order valence-electron chi connectivity index (χ0n) is 17.5. The third kappa shape index (κ3) is 4.22. The van der Waals surface area contributed by atoms with Crippen LogP contribution in [-0.2, 0) is 10.0 Å². The second-order valence-corrected chi connectivity index (χ2v) is 10.1. The van der Waals surface area contributed by atoms with Crippen LogP contribution in [0.25, 0.3) is 16.5 Å². The molecule has 4 aromatic rings. The van der Waals surface area contributed by atoms with E-state index in [1.165, 1.54) is 9.10 Å². The van der Waals surface area contributed by atoms with Gasteiger partial charge >= 0.3 is 0 Å². The summed E-state index contributed by atoms with van der Waals surface area (Å²) in [4.78, 5) is 16.3. The molecule has 2 heterocycles. The molecule has 3 aromatic carbocycles. The Morgan fingerprint density at radius 3 is 2.15 bits per heavy atom. The molecule has 5 rings (SSSR count). The van der Waals surface area contributed by atoms with Crippen molar-refractivity contribution in [2.75, 3.05) is 26.2 Å². The van der Waals surface area contributed by atoms with E-state index in [2.05, 4.69) is 10.2 Å². The molecule has 0 unspecified atom stereocenters. The number of hydrogen-bond acceptors (Lipinski definition) is 5. The predicted octanol–water partition coefficient (Wildman–Crippen LogP) is 3.22. The van der Waals surface area contributed by atoms with Gasteiger partial charge in [0.15, 0.2) is 0 Å². The molecule has 1 saturated heterocycles. The molecule has 8 nitrogen and oxygen atoms in total. The van der Waals surface area contributed by atoms with Gasteiger partial charge < -0.3 is 4.90 Å². The number of aromatic nitrogens is 3. The van der Waals surface area contributed by atoms with Crippen LogP contribution in [0, 0.1) is 0 Å². The van der Waals surface area contributed by atoms with Gasteiger partial charge in [0.05, 0.1) is 23.0 Å². The number of halogens is 1. The first kappa shape index (κ1) is 21.6. The summed E-state index contributed by atoms with van der Waals surface area (Å²) in [7, 11) is -3.66. The van der Waals surface area contributed by atoms with Crippen molar-refractivity contribution in [2.45, 2.75) is 4.90 Å². The van der Waals surface area contributed by atoms with Gasteiger partial charge in [0, 0.05) is 36.8 Å². The van der Waals surface area contributed by atoms with Crippen molar-refractivity contribution in [3.8, 4) is 5.69 Å². The van der Waals surface area contributed by atoms with Crippen molar-refractivity contribution in [2.24, 2.45) is 0 Å². The Hall–Kier alpha value is -3.27. The third-order valence-corrected chi connectivity index (χ3v) is 7.83. The first-order valence-corrected chi connectivity index (χ1v) is 12.2. The van der Waals surface area contributed by atoms with Gasteiger partial charge in [-0.05, 0) is 59.3 Å². The fourth-order valence-electron chi connectivity index (χ4n) is 3.90. The van der Waals surface area contributed by atoms with Crippen LogP contribution < -0.4 is 0 Å². The van der Waals surface area contributed by atoms with Gasteiger partial charge in [0.25, 0.3) is 5.91 Å². The lowest BCUT2D eigenvalue weighted by Gasteiger charge is -2.34. The summed E-state index contributed by atoms with van der Waals surface area (Å²) in [5, 5.41) is 10.4. The van der Waals surface area contributed by atoms with E-state index in [0.29, 0.717) is 23.7 Å². The van der Waals surface area contributed by atoms with Crippen molar-refractivity contribution < 1.29 is 13.2 Å². The smallest absolute Gasteiger partial charge is 0.253 e. The fourth-order valence-corrected chi connectivity index (χ4v) is 5.54. The SMILES string of the molecule is O=C(c1ccc(-n2nccn2)cc1)N1CCN(S(=O)(=O)c2ccc3cc(Cl)ccc3c2)CC1. The lowest BCUT2D eigenvalue weighted by Crippen LogP contribution is -2.50. The molecule has 0 spiro atoms. The highest BCUT2D eigenvalue weighted by Crippen LogP contribution is 2.25. The Labute approximate surface area is 196 Å². The number of sulfonamides is 1. The second kappa shape index (κ2) is 8.58. The topological polar surface area (TPSA) is 88.4 Å². The highest BCUT2D eigenvalue weighted by atomic mass is 35.5. The minimum atomic E-state index is -3.66. The van der Waals surface area contributed by atoms with E-state index in [9.17, 15) is 13.2 Å². The van der Waals surface area contributed by atoms with Crippen LogP contribution in [0.2, 0.25) is 5.02 Å². The van der Waals surface area contributed by atoms with Crippen LogP contribution in [0.3, 0.4) is 0 Å². The van der Waals surface area contributed by atoms with Crippen LogP contribution in [0.1, 0.15) is 10.4 Å². The lowest BCUT2D eigenvalue weighted by atomic mass is 10.1. The Balaban J connectivity index is 1.27. The van der Waals surface area contributed by atoms with Gasteiger partial charge in [0.2, 0.25) is 10.0 Å². The van der Waals surface area contributed by atoms with Gasteiger partial charge in [-0.15, -0.1) is 0 Å². The number of nitrogens with zero attached hydrogens (tertiary/aromatic N) is 5. The molecule has 168 valence electrons. The van der Waals surface area contributed by atoms with E-state index in [-0.39, 0.29) is 23.9 Å². The Morgan fingerprint density at radius 1 is 0.818 bits per heavy atom. The summed E-state index contributed by atoms with van der Waals surface area (Å²) in [6.07, 6.45) is 3.17. The van der Waals surface area contributed by atoms with Gasteiger partial charge in [-0.25, -0.2) is 8.42 Å². The molecule has 0 aliphatic carbocycles. The number of benzene rings is 3. The molecule has 0 atom stereocenters. The number of fused-ring (bicyclic) bond motifs is 1. The predicted molar refractivity (Wildman–Crippen MR) is 125 cm³/mol. The molecule has 33 heavy (non-hydrogen) atoms. The molecular formula is C23H20ClN5O3S. The fraction of sp³-hybridized carbons (Fsp3) is 0.174. The van der Waals surface area contributed by atoms with Crippen molar-refractivity contribution in [1.82, 2.24) is 24.2 Å². The van der Waals surface area contributed by atoms with Crippen LogP contribution in [0.15, 0.2) is 78.0 Å². The molecule has 1 aliphatic rings. The Morgan fingerprint density at radius 2 is 1.45 bits per heavy atom. The lowest BCUT2D eigenvalue weighted by molar-refractivity contribution is 0.0698. The van der Waals surface area contributed by atoms with Crippen molar-refractivity contribution in [1.29, 1.82) is 0 Å². The van der Waals surface area contributed by atoms with E-state index in [1.807, 2.05) is 0 Å². The molecule has 1 amide bonds. The van der Waals surface area contributed by atoms with Gasteiger partial charge in [-0.3, -0.25) is 4.79 Å². The molecule has 0 N–H and O–H groups in total. The Bertz CT molecular complexity index is 1410. The minimum absolute atomic E-state index is 0.130. The second-order valence-electron chi connectivity index (χ2n) is 7.71. The van der Waals surface area contributed by atoms with Crippen LogP contribution in [0.5, 0.6) is 0 Å². The third-order valence-electron chi connectivity index (χ3n) is 5.70. The normalized spacial score (nSPS) is 15.1. The van der Waals surface area contributed by atoms with E-state index in [1.54, 1.807) is 78.0 Å². The van der Waals surface area contributed by atoms with E-state index in [0.717, 1.165) is 16.5 Å². The van der Waals surface area contributed by atoms with Crippen LogP contribution in [0.4, 0.5) is 0 Å². The van der Waals surface area contributed by atoms with Crippen LogP contribution >= 0.6 is 11.6 Å². The quantitative estimate of drug-likeness (QED) is 0.446. The minimum Gasteiger partial charge on any atom is -0.336 e. The van der Waals surface area contributed by atoms with Gasteiger partial charge in [-0.1, -0.05) is 23.7 Å². The van der Waals surface area contributed by atoms with Crippen molar-refractivity contribution in [3.05, 3.63) is 83.6 Å². The maximum Gasteiger partial charge on any atom is 0.253 e.